The van der Waals surface area contributed by atoms with Crippen LogP contribution in [0.15, 0.2) is 0 Å². The number of nitrogens with two attached hydrogens (primary N) is 1. The molecule has 3 N–H and O–H groups in total. The van der Waals surface area contributed by atoms with Crippen LogP contribution in [0, 0.1) is 0 Å². The second kappa shape index (κ2) is 9.15. The number of carbonyl (C=O) groups is 1. The zero-order chi connectivity index (χ0) is 14.1. The Morgan fingerprint density at radius 1 is 1.16 bits per heavy atom. The third kappa shape index (κ3) is 6.78. The molecule has 0 bridgehead atoms. The van der Waals surface area contributed by atoms with Crippen LogP contribution < -0.4 is 11.1 Å². The SMILES string of the molecule is CC(C)NC(=O)N1CCCN(CCCCCN)CC1. The number of hydrogen-bond donors (Lipinski definition) is 2. The molecule has 5 heteroatoms. The molecule has 5 nitrogen and oxygen atoms in total. The van der Waals surface area contributed by atoms with Gasteiger partial charge in [-0.2, -0.15) is 0 Å². The third-order valence-electron chi connectivity index (χ3n) is 3.47. The summed E-state index contributed by atoms with van der Waals surface area (Å²) in [7, 11) is 0. The monoisotopic (exact) mass is 270 g/mol. The van der Waals surface area contributed by atoms with E-state index in [2.05, 4.69) is 10.2 Å². The van der Waals surface area contributed by atoms with E-state index < -0.39 is 0 Å². The summed E-state index contributed by atoms with van der Waals surface area (Å²) >= 11 is 0. The van der Waals surface area contributed by atoms with Crippen molar-refractivity contribution in [3.63, 3.8) is 0 Å². The van der Waals surface area contributed by atoms with Crippen LogP contribution in [0.4, 0.5) is 4.79 Å². The summed E-state index contributed by atoms with van der Waals surface area (Å²) in [6.45, 7) is 9.75. The van der Waals surface area contributed by atoms with Gasteiger partial charge in [0.1, 0.15) is 0 Å². The second-order valence-electron chi connectivity index (χ2n) is 5.64. The molecule has 0 aromatic carbocycles. The molecular formula is C14H30N4O. The maximum Gasteiger partial charge on any atom is 0.317 e. The summed E-state index contributed by atoms with van der Waals surface area (Å²) in [5.74, 6) is 0. The van der Waals surface area contributed by atoms with E-state index >= 15 is 0 Å². The Kier molecular flexibility index (Phi) is 7.82. The number of urea groups is 1. The molecule has 0 atom stereocenters. The van der Waals surface area contributed by atoms with Gasteiger partial charge in [-0.15, -0.1) is 0 Å². The van der Waals surface area contributed by atoms with Crippen LogP contribution in [0.25, 0.3) is 0 Å². The highest BCUT2D eigenvalue weighted by atomic mass is 16.2. The van der Waals surface area contributed by atoms with Crippen LogP contribution in [0.2, 0.25) is 0 Å². The maximum atomic E-state index is 11.9. The molecule has 0 aromatic rings. The molecule has 2 amide bonds. The van der Waals surface area contributed by atoms with Gasteiger partial charge in [-0.3, -0.25) is 0 Å². The van der Waals surface area contributed by atoms with E-state index in [-0.39, 0.29) is 12.1 Å². The lowest BCUT2D eigenvalue weighted by atomic mass is 10.2. The Bertz CT molecular complexity index is 258. The lowest BCUT2D eigenvalue weighted by Crippen LogP contribution is -2.44. The van der Waals surface area contributed by atoms with Crippen LogP contribution in [0.1, 0.15) is 39.5 Å². The predicted octanol–water partition coefficient (Wildman–Crippen LogP) is 1.24. The van der Waals surface area contributed by atoms with E-state index in [1.807, 2.05) is 18.7 Å². The zero-order valence-corrected chi connectivity index (χ0v) is 12.5. The Balaban J connectivity index is 2.25. The first-order valence-electron chi connectivity index (χ1n) is 7.61. The van der Waals surface area contributed by atoms with E-state index in [4.69, 9.17) is 5.73 Å². The highest BCUT2D eigenvalue weighted by molar-refractivity contribution is 5.74. The van der Waals surface area contributed by atoms with Crippen molar-refractivity contribution in [3.8, 4) is 0 Å². The smallest absolute Gasteiger partial charge is 0.317 e. The van der Waals surface area contributed by atoms with Crippen LogP contribution in [0.3, 0.4) is 0 Å². The highest BCUT2D eigenvalue weighted by Crippen LogP contribution is 2.06. The van der Waals surface area contributed by atoms with Crippen molar-refractivity contribution in [2.75, 3.05) is 39.3 Å². The van der Waals surface area contributed by atoms with Crippen molar-refractivity contribution in [3.05, 3.63) is 0 Å². The number of nitrogens with one attached hydrogen (secondary N) is 1. The Morgan fingerprint density at radius 2 is 1.95 bits per heavy atom. The molecule has 1 aliphatic heterocycles. The molecule has 0 spiro atoms. The normalized spacial score (nSPS) is 17.6. The molecule has 0 saturated carbocycles. The molecule has 0 unspecified atom stereocenters. The number of amides is 2. The van der Waals surface area contributed by atoms with Gasteiger partial charge in [-0.05, 0) is 52.7 Å². The molecule has 19 heavy (non-hydrogen) atoms. The van der Waals surface area contributed by atoms with Crippen LogP contribution in [-0.2, 0) is 0 Å². The summed E-state index contributed by atoms with van der Waals surface area (Å²) < 4.78 is 0. The molecule has 1 aliphatic rings. The van der Waals surface area contributed by atoms with Crippen LogP contribution in [0.5, 0.6) is 0 Å². The molecule has 1 saturated heterocycles. The average Bonchev–Trinajstić information content (AvgIpc) is 2.59. The molecular weight excluding hydrogens is 240 g/mol. The van der Waals surface area contributed by atoms with Gasteiger partial charge in [0.2, 0.25) is 0 Å². The second-order valence-corrected chi connectivity index (χ2v) is 5.64. The lowest BCUT2D eigenvalue weighted by Gasteiger charge is -2.23. The van der Waals surface area contributed by atoms with Gasteiger partial charge in [-0.1, -0.05) is 6.42 Å². The van der Waals surface area contributed by atoms with Gasteiger partial charge in [0.25, 0.3) is 0 Å². The third-order valence-corrected chi connectivity index (χ3v) is 3.47. The van der Waals surface area contributed by atoms with Crippen molar-refractivity contribution < 1.29 is 4.79 Å². The van der Waals surface area contributed by atoms with Crippen LogP contribution >= 0.6 is 0 Å². The van der Waals surface area contributed by atoms with Crippen molar-refractivity contribution in [1.29, 1.82) is 0 Å². The Morgan fingerprint density at radius 3 is 2.63 bits per heavy atom. The van der Waals surface area contributed by atoms with Gasteiger partial charge >= 0.3 is 6.03 Å². The fraction of sp³-hybridized carbons (Fsp3) is 0.929. The Hall–Kier alpha value is -0.810. The summed E-state index contributed by atoms with van der Waals surface area (Å²) in [5, 5.41) is 2.97. The number of unbranched alkanes of at least 4 members (excludes halogenated alkanes) is 2. The fourth-order valence-electron chi connectivity index (χ4n) is 2.39. The van der Waals surface area contributed by atoms with E-state index in [1.54, 1.807) is 0 Å². The molecule has 0 aromatic heterocycles. The minimum atomic E-state index is 0.0833. The van der Waals surface area contributed by atoms with Crippen molar-refractivity contribution >= 4 is 6.03 Å². The van der Waals surface area contributed by atoms with Gasteiger partial charge in [-0.25, -0.2) is 4.79 Å². The van der Waals surface area contributed by atoms with E-state index in [0.717, 1.165) is 52.1 Å². The largest absolute Gasteiger partial charge is 0.336 e. The first kappa shape index (κ1) is 16.2. The topological polar surface area (TPSA) is 61.6 Å². The highest BCUT2D eigenvalue weighted by Gasteiger charge is 2.18. The average molecular weight is 270 g/mol. The zero-order valence-electron chi connectivity index (χ0n) is 12.5. The maximum absolute atomic E-state index is 11.9. The fourth-order valence-corrected chi connectivity index (χ4v) is 2.39. The molecule has 1 fully saturated rings. The summed E-state index contributed by atoms with van der Waals surface area (Å²) in [6, 6.07) is 0.295. The summed E-state index contributed by atoms with van der Waals surface area (Å²) in [5.41, 5.74) is 5.50. The Labute approximate surface area is 117 Å². The predicted molar refractivity (Wildman–Crippen MR) is 79.2 cm³/mol. The number of rotatable bonds is 6. The van der Waals surface area contributed by atoms with Crippen molar-refractivity contribution in [1.82, 2.24) is 15.1 Å². The van der Waals surface area contributed by atoms with Gasteiger partial charge < -0.3 is 20.9 Å². The van der Waals surface area contributed by atoms with Crippen LogP contribution in [-0.4, -0.2) is 61.1 Å². The first-order chi connectivity index (χ1) is 9.13. The number of nitrogens with zero attached hydrogens (tertiary/aromatic N) is 2. The molecule has 1 rings (SSSR count). The number of carbonyl (C=O) groups excluding carboxylic acids is 1. The van der Waals surface area contributed by atoms with Gasteiger partial charge in [0, 0.05) is 25.7 Å². The van der Waals surface area contributed by atoms with Crippen molar-refractivity contribution in [2.24, 2.45) is 5.73 Å². The van der Waals surface area contributed by atoms with E-state index in [1.165, 1.54) is 12.8 Å². The number of hydrogen-bond acceptors (Lipinski definition) is 3. The quantitative estimate of drug-likeness (QED) is 0.714. The molecule has 1 heterocycles. The van der Waals surface area contributed by atoms with E-state index in [9.17, 15) is 4.79 Å². The first-order valence-corrected chi connectivity index (χ1v) is 7.61. The molecule has 0 radical (unpaired) electrons. The summed E-state index contributed by atoms with van der Waals surface area (Å²) in [6.07, 6.45) is 4.62. The van der Waals surface area contributed by atoms with Gasteiger partial charge in [0.15, 0.2) is 0 Å². The summed E-state index contributed by atoms with van der Waals surface area (Å²) in [4.78, 5) is 16.4. The van der Waals surface area contributed by atoms with Crippen molar-refractivity contribution in [2.45, 2.75) is 45.6 Å². The molecule has 112 valence electrons. The molecule has 0 aliphatic carbocycles. The minimum Gasteiger partial charge on any atom is -0.336 e. The van der Waals surface area contributed by atoms with Gasteiger partial charge in [0.05, 0.1) is 0 Å². The lowest BCUT2D eigenvalue weighted by molar-refractivity contribution is 0.195. The van der Waals surface area contributed by atoms with E-state index in [0.29, 0.717) is 0 Å². The standard InChI is InChI=1S/C14H30N4O/c1-13(2)16-14(19)18-10-6-9-17(11-12-18)8-5-3-4-7-15/h13H,3-12,15H2,1-2H3,(H,16,19). The minimum absolute atomic E-state index is 0.0833.